The molecule has 0 aliphatic heterocycles. The average molecular weight is 428 g/mol. The predicted octanol–water partition coefficient (Wildman–Crippen LogP) is 3.41. The van der Waals surface area contributed by atoms with Gasteiger partial charge in [-0.2, -0.15) is 10.5 Å². The van der Waals surface area contributed by atoms with E-state index in [-0.39, 0.29) is 18.1 Å². The third-order valence-corrected chi connectivity index (χ3v) is 5.54. The molecule has 0 fully saturated rings. The fraction of sp³-hybridized carbons (Fsp3) is 0.320. The molecule has 0 amide bonds. The molecule has 2 aromatic heterocycles. The number of aliphatic hydroxyl groups excluding tert-OH is 1. The molecular formula is C25H24N4O3. The molecule has 0 radical (unpaired) electrons. The van der Waals surface area contributed by atoms with E-state index < -0.39 is 11.7 Å². The van der Waals surface area contributed by atoms with Gasteiger partial charge in [0.05, 0.1) is 17.6 Å². The van der Waals surface area contributed by atoms with Gasteiger partial charge in [-0.3, -0.25) is 9.97 Å². The molecule has 7 nitrogen and oxygen atoms in total. The number of aliphatic hydroxyl groups is 1. The zero-order chi connectivity index (χ0) is 23.1. The molecule has 162 valence electrons. The van der Waals surface area contributed by atoms with Crippen molar-refractivity contribution in [2.24, 2.45) is 5.92 Å². The van der Waals surface area contributed by atoms with Crippen LogP contribution in [0.5, 0.6) is 0 Å². The summed E-state index contributed by atoms with van der Waals surface area (Å²) in [5, 5.41) is 30.6. The van der Waals surface area contributed by atoms with Crippen LogP contribution in [0, 0.1) is 28.6 Å². The minimum absolute atomic E-state index is 0.0929. The van der Waals surface area contributed by atoms with Gasteiger partial charge in [0, 0.05) is 33.6 Å². The summed E-state index contributed by atoms with van der Waals surface area (Å²) in [5.74, 6) is -0.815. The fourth-order valence-corrected chi connectivity index (χ4v) is 3.65. The number of unbranched alkanes of at least 4 members (excludes halogenated alkanes) is 1. The van der Waals surface area contributed by atoms with E-state index in [0.717, 1.165) is 25.7 Å². The lowest BCUT2D eigenvalue weighted by molar-refractivity contribution is -0.138. The van der Waals surface area contributed by atoms with Gasteiger partial charge in [0.2, 0.25) is 5.76 Å². The van der Waals surface area contributed by atoms with Gasteiger partial charge >= 0.3 is 5.97 Å². The zero-order valence-corrected chi connectivity index (χ0v) is 18.1. The van der Waals surface area contributed by atoms with E-state index in [9.17, 15) is 15.2 Å². The number of rotatable bonds is 7. The molecule has 3 aromatic rings. The smallest absolute Gasteiger partial charge is 0.349 e. The molecule has 1 N–H and O–H groups in total. The third kappa shape index (κ3) is 4.68. The highest BCUT2D eigenvalue weighted by molar-refractivity contribution is 6.17. The first-order valence-electron chi connectivity index (χ1n) is 10.6. The molecule has 1 atom stereocenters. The first-order chi connectivity index (χ1) is 15.5. The van der Waals surface area contributed by atoms with E-state index in [0.29, 0.717) is 32.2 Å². The van der Waals surface area contributed by atoms with E-state index in [1.165, 1.54) is 12.4 Å². The van der Waals surface area contributed by atoms with Crippen LogP contribution in [0.4, 0.5) is 0 Å². The zero-order valence-electron chi connectivity index (χ0n) is 18.1. The Bertz CT molecular complexity index is 1370. The second kappa shape index (κ2) is 10.4. The van der Waals surface area contributed by atoms with Gasteiger partial charge in [-0.1, -0.05) is 33.1 Å². The van der Waals surface area contributed by atoms with Crippen LogP contribution in [0.15, 0.2) is 36.7 Å². The average Bonchev–Trinajstić information content (AvgIpc) is 2.82. The number of esters is 1. The molecular weight excluding hydrogens is 404 g/mol. The first-order valence-corrected chi connectivity index (χ1v) is 10.6. The summed E-state index contributed by atoms with van der Waals surface area (Å²) >= 11 is 0. The summed E-state index contributed by atoms with van der Waals surface area (Å²) in [6.07, 6.45) is 7.02. The highest BCUT2D eigenvalue weighted by Gasteiger charge is 2.16. The van der Waals surface area contributed by atoms with Crippen LogP contribution in [0.2, 0.25) is 0 Å². The first kappa shape index (κ1) is 22.7. The van der Waals surface area contributed by atoms with Crippen molar-refractivity contribution in [3.63, 3.8) is 0 Å². The number of benzene rings is 1. The van der Waals surface area contributed by atoms with Gasteiger partial charge in [0.1, 0.15) is 17.7 Å². The van der Waals surface area contributed by atoms with Crippen molar-refractivity contribution in [3.8, 4) is 12.1 Å². The topological polar surface area (TPSA) is 120 Å². The minimum Gasteiger partial charge on any atom is -0.499 e. The van der Waals surface area contributed by atoms with Crippen LogP contribution in [0.3, 0.4) is 0 Å². The van der Waals surface area contributed by atoms with Crippen LogP contribution in [0.1, 0.15) is 39.5 Å². The number of pyridine rings is 2. The highest BCUT2D eigenvalue weighted by Crippen LogP contribution is 2.17. The lowest BCUT2D eigenvalue weighted by atomic mass is 10.0. The normalized spacial score (nSPS) is 13.8. The summed E-state index contributed by atoms with van der Waals surface area (Å²) in [6, 6.07) is 10.2. The summed E-state index contributed by atoms with van der Waals surface area (Å²) in [7, 11) is 0. The van der Waals surface area contributed by atoms with Gasteiger partial charge in [-0.15, -0.1) is 0 Å². The van der Waals surface area contributed by atoms with Crippen molar-refractivity contribution < 1.29 is 14.6 Å². The Morgan fingerprint density at radius 1 is 1.06 bits per heavy atom. The molecule has 0 aliphatic carbocycles. The Labute approximate surface area is 185 Å². The maximum atomic E-state index is 12.8. The Morgan fingerprint density at radius 3 is 2.25 bits per heavy atom. The maximum Gasteiger partial charge on any atom is 0.349 e. The summed E-state index contributed by atoms with van der Waals surface area (Å²) in [4.78, 5) is 21.4. The van der Waals surface area contributed by atoms with Gasteiger partial charge in [0.15, 0.2) is 0 Å². The van der Waals surface area contributed by atoms with Crippen LogP contribution in [-0.4, -0.2) is 27.7 Å². The number of carbonyl (C=O) groups excluding carboxylic acids is 1. The molecule has 1 unspecified atom stereocenters. The van der Waals surface area contributed by atoms with Gasteiger partial charge in [-0.05, 0) is 36.6 Å². The molecule has 0 saturated heterocycles. The number of ether oxygens (including phenoxy) is 1. The van der Waals surface area contributed by atoms with E-state index >= 15 is 0 Å². The molecule has 7 heteroatoms. The largest absolute Gasteiger partial charge is 0.499 e. The van der Waals surface area contributed by atoms with Crippen LogP contribution < -0.4 is 10.4 Å². The van der Waals surface area contributed by atoms with E-state index in [1.807, 2.05) is 6.07 Å². The van der Waals surface area contributed by atoms with E-state index in [1.54, 1.807) is 30.3 Å². The van der Waals surface area contributed by atoms with Crippen molar-refractivity contribution in [3.05, 3.63) is 47.1 Å². The number of carbonyl (C=O) groups is 1. The van der Waals surface area contributed by atoms with Crippen molar-refractivity contribution in [2.45, 2.75) is 39.5 Å². The molecule has 0 aliphatic rings. The number of hydrogen-bond acceptors (Lipinski definition) is 7. The van der Waals surface area contributed by atoms with Crippen molar-refractivity contribution in [2.75, 3.05) is 6.61 Å². The summed E-state index contributed by atoms with van der Waals surface area (Å²) in [6.45, 7) is 4.46. The summed E-state index contributed by atoms with van der Waals surface area (Å²) < 4.78 is 5.49. The monoisotopic (exact) mass is 428 g/mol. The molecule has 0 bridgehead atoms. The van der Waals surface area contributed by atoms with Crippen LogP contribution in [-0.2, 0) is 9.53 Å². The quantitative estimate of drug-likeness (QED) is 0.348. The highest BCUT2D eigenvalue weighted by atomic mass is 16.5. The Kier molecular flexibility index (Phi) is 7.36. The number of hydrogen-bond donors (Lipinski definition) is 1. The Morgan fingerprint density at radius 2 is 1.69 bits per heavy atom. The molecule has 1 aromatic carbocycles. The Hall–Kier alpha value is -3.97. The van der Waals surface area contributed by atoms with Gasteiger partial charge in [0.25, 0.3) is 0 Å². The van der Waals surface area contributed by atoms with Crippen LogP contribution in [0.25, 0.3) is 33.1 Å². The van der Waals surface area contributed by atoms with Crippen LogP contribution >= 0.6 is 0 Å². The van der Waals surface area contributed by atoms with Crippen molar-refractivity contribution in [1.82, 2.24) is 9.97 Å². The van der Waals surface area contributed by atoms with Gasteiger partial charge in [-0.25, -0.2) is 4.79 Å². The molecule has 0 spiro atoms. The molecule has 3 rings (SSSR count). The maximum absolute atomic E-state index is 12.8. The lowest BCUT2D eigenvalue weighted by Crippen LogP contribution is -2.20. The SMILES string of the molecule is CCCCC(CC)COC(=O)/C(C#N)=c1\ccnc2cc3/c(=C(/O)C#N)ccnc3cc12. The fourth-order valence-electron chi connectivity index (χ4n) is 3.65. The number of fused-ring (bicyclic) bond motifs is 2. The predicted molar refractivity (Wildman–Crippen MR) is 121 cm³/mol. The second-order valence-electron chi connectivity index (χ2n) is 7.57. The van der Waals surface area contributed by atoms with Gasteiger partial charge < -0.3 is 9.84 Å². The molecule has 0 saturated carbocycles. The lowest BCUT2D eigenvalue weighted by Gasteiger charge is -2.14. The summed E-state index contributed by atoms with van der Waals surface area (Å²) in [5.41, 5.74) is 0.914. The number of nitriles is 2. The minimum atomic E-state index is -0.660. The second-order valence-corrected chi connectivity index (χ2v) is 7.57. The van der Waals surface area contributed by atoms with E-state index in [2.05, 4.69) is 23.8 Å². The molecule has 32 heavy (non-hydrogen) atoms. The van der Waals surface area contributed by atoms with E-state index in [4.69, 9.17) is 10.00 Å². The standard InChI is InChI=1S/C25H24N4O3/c1-3-5-6-16(4-2)15-32-25(31)21(13-26)17-7-9-28-22-12-20-18(24(30)14-27)8-10-29-23(20)11-19(17)22/h7-12,16,30H,3-6,15H2,1-2H3/b21-17+,24-18+. The van der Waals surface area contributed by atoms with Crippen molar-refractivity contribution in [1.29, 1.82) is 10.5 Å². The third-order valence-electron chi connectivity index (χ3n) is 5.54. The number of nitrogens with zero attached hydrogens (tertiary/aromatic N) is 4. The number of aromatic nitrogens is 2. The van der Waals surface area contributed by atoms with Crippen molar-refractivity contribution >= 4 is 39.1 Å². The Balaban J connectivity index is 2.12. The molecule has 2 heterocycles.